The smallest absolute Gasteiger partial charge is 0.192 e. The van der Waals surface area contributed by atoms with Crippen molar-refractivity contribution in [2.24, 2.45) is 0 Å². The first-order chi connectivity index (χ1) is 11.0. The highest BCUT2D eigenvalue weighted by atomic mass is 35.5. The molecule has 0 heterocycles. The lowest BCUT2D eigenvalue weighted by molar-refractivity contribution is 0.0931. The summed E-state index contributed by atoms with van der Waals surface area (Å²) >= 11 is 5.88. The van der Waals surface area contributed by atoms with Crippen LogP contribution in [0.25, 0.3) is 0 Å². The van der Waals surface area contributed by atoms with Gasteiger partial charge in [-0.15, -0.1) is 0 Å². The fourth-order valence-corrected chi connectivity index (χ4v) is 3.16. The van der Waals surface area contributed by atoms with Crippen LogP contribution in [0.4, 0.5) is 0 Å². The summed E-state index contributed by atoms with van der Waals surface area (Å²) in [7, 11) is -1.85. The van der Waals surface area contributed by atoms with Crippen LogP contribution >= 0.6 is 11.6 Å². The van der Waals surface area contributed by atoms with Gasteiger partial charge in [-0.05, 0) is 42.2 Å². The van der Waals surface area contributed by atoms with Crippen molar-refractivity contribution in [1.82, 2.24) is 5.32 Å². The number of rotatable bonds is 9. The molecule has 0 spiro atoms. The molecule has 0 saturated carbocycles. The number of aliphatic hydroxyl groups excluding tert-OH is 2. The quantitative estimate of drug-likeness (QED) is 0.581. The van der Waals surface area contributed by atoms with Crippen LogP contribution in [0, 0.1) is 0 Å². The minimum atomic E-state index is -1.85. The van der Waals surface area contributed by atoms with Gasteiger partial charge in [-0.1, -0.05) is 44.5 Å². The molecule has 0 aliphatic carbocycles. The Hall–Kier alpha value is -0.433. The van der Waals surface area contributed by atoms with Crippen LogP contribution in [0.2, 0.25) is 23.2 Å². The van der Waals surface area contributed by atoms with E-state index in [9.17, 15) is 10.2 Å². The summed E-state index contributed by atoms with van der Waals surface area (Å²) in [6, 6.07) is 7.47. The predicted octanol–water partition coefficient (Wildman–Crippen LogP) is 3.22. The molecule has 6 heteroatoms. The average molecular weight is 374 g/mol. The Bertz CT molecular complexity index is 488. The van der Waals surface area contributed by atoms with Crippen LogP contribution in [0.1, 0.15) is 26.3 Å². The monoisotopic (exact) mass is 373 g/mol. The van der Waals surface area contributed by atoms with Crippen LogP contribution in [-0.2, 0) is 10.8 Å². The van der Waals surface area contributed by atoms with Crippen molar-refractivity contribution in [2.75, 3.05) is 19.8 Å². The lowest BCUT2D eigenvalue weighted by Crippen LogP contribution is -2.45. The van der Waals surface area contributed by atoms with E-state index in [2.05, 4.69) is 39.2 Å². The van der Waals surface area contributed by atoms with E-state index >= 15 is 0 Å². The molecule has 0 fully saturated rings. The largest absolute Gasteiger partial charge is 0.414 e. The first-order valence-electron chi connectivity index (χ1n) is 8.46. The molecule has 0 bridgehead atoms. The second kappa shape index (κ2) is 9.32. The van der Waals surface area contributed by atoms with Gasteiger partial charge in [0, 0.05) is 17.6 Å². The van der Waals surface area contributed by atoms with E-state index in [-0.39, 0.29) is 17.7 Å². The molecule has 0 aliphatic rings. The van der Waals surface area contributed by atoms with Gasteiger partial charge in [-0.3, -0.25) is 0 Å². The molecule has 0 aromatic heterocycles. The fraction of sp³-hybridized carbons (Fsp3) is 0.667. The molecule has 1 unspecified atom stereocenters. The Kier molecular flexibility index (Phi) is 8.39. The van der Waals surface area contributed by atoms with E-state index in [4.69, 9.17) is 16.0 Å². The zero-order chi connectivity index (χ0) is 18.4. The average Bonchev–Trinajstić information content (AvgIpc) is 2.50. The molecule has 0 aliphatic heterocycles. The highest BCUT2D eigenvalue weighted by molar-refractivity contribution is 6.74. The molecule has 0 saturated heterocycles. The molecular weight excluding hydrogens is 342 g/mol. The number of halogens is 1. The highest BCUT2D eigenvalue weighted by Crippen LogP contribution is 2.36. The standard InChI is InChI=1S/C18H32ClNO3Si/c1-18(2,3)24(4,5)23-13-17(22)11-20-16(12-21)10-14-6-8-15(19)9-7-14/h6-9,16-17,20-22H,10-13H2,1-5H3/t16?,17-/m0/s1. The normalized spacial score (nSPS) is 15.3. The van der Waals surface area contributed by atoms with Crippen molar-refractivity contribution < 1.29 is 14.6 Å². The van der Waals surface area contributed by atoms with Gasteiger partial charge < -0.3 is 20.0 Å². The summed E-state index contributed by atoms with van der Waals surface area (Å²) in [5.41, 5.74) is 1.10. The Morgan fingerprint density at radius 1 is 1.21 bits per heavy atom. The SMILES string of the molecule is CC(C)(C)[Si](C)(C)OC[C@@H](O)CNC(CO)Cc1ccc(Cl)cc1. The van der Waals surface area contributed by atoms with Gasteiger partial charge in [0.15, 0.2) is 8.32 Å². The van der Waals surface area contributed by atoms with Gasteiger partial charge in [0.2, 0.25) is 0 Å². The van der Waals surface area contributed by atoms with E-state index in [1.807, 2.05) is 24.3 Å². The summed E-state index contributed by atoms with van der Waals surface area (Å²) in [6.45, 7) is 11.6. The van der Waals surface area contributed by atoms with E-state index < -0.39 is 14.4 Å². The highest BCUT2D eigenvalue weighted by Gasteiger charge is 2.37. The summed E-state index contributed by atoms with van der Waals surface area (Å²) in [4.78, 5) is 0. The molecule has 2 atom stereocenters. The third kappa shape index (κ3) is 7.21. The lowest BCUT2D eigenvalue weighted by atomic mass is 10.1. The fourth-order valence-electron chi connectivity index (χ4n) is 1.99. The predicted molar refractivity (Wildman–Crippen MR) is 103 cm³/mol. The van der Waals surface area contributed by atoms with Crippen molar-refractivity contribution >= 4 is 19.9 Å². The number of nitrogens with one attached hydrogen (secondary N) is 1. The van der Waals surface area contributed by atoms with Gasteiger partial charge in [0.05, 0.1) is 19.3 Å². The maximum atomic E-state index is 10.2. The first-order valence-corrected chi connectivity index (χ1v) is 11.7. The first kappa shape index (κ1) is 21.6. The van der Waals surface area contributed by atoms with E-state index in [1.54, 1.807) is 0 Å². The van der Waals surface area contributed by atoms with Crippen molar-refractivity contribution in [3.8, 4) is 0 Å². The van der Waals surface area contributed by atoms with Gasteiger partial charge in [0.1, 0.15) is 0 Å². The number of hydrogen-bond donors (Lipinski definition) is 3. The molecule has 24 heavy (non-hydrogen) atoms. The number of benzene rings is 1. The van der Waals surface area contributed by atoms with Gasteiger partial charge >= 0.3 is 0 Å². The van der Waals surface area contributed by atoms with Crippen LogP contribution in [0.3, 0.4) is 0 Å². The van der Waals surface area contributed by atoms with E-state index in [0.717, 1.165) is 5.56 Å². The molecule has 138 valence electrons. The summed E-state index contributed by atoms with van der Waals surface area (Å²) in [5.74, 6) is 0. The van der Waals surface area contributed by atoms with Gasteiger partial charge in [-0.25, -0.2) is 0 Å². The summed E-state index contributed by atoms with van der Waals surface area (Å²) in [6.07, 6.45) is 0.0992. The third-order valence-corrected chi connectivity index (χ3v) is 9.45. The summed E-state index contributed by atoms with van der Waals surface area (Å²) in [5, 5.41) is 23.7. The molecule has 0 radical (unpaired) electrons. The Morgan fingerprint density at radius 3 is 2.29 bits per heavy atom. The summed E-state index contributed by atoms with van der Waals surface area (Å²) < 4.78 is 6.02. The molecule has 4 nitrogen and oxygen atoms in total. The van der Waals surface area contributed by atoms with Crippen molar-refractivity contribution in [2.45, 2.75) is 57.5 Å². The lowest BCUT2D eigenvalue weighted by Gasteiger charge is -2.36. The molecule has 1 aromatic carbocycles. The number of hydrogen-bond acceptors (Lipinski definition) is 4. The second-order valence-corrected chi connectivity index (χ2v) is 13.1. The van der Waals surface area contributed by atoms with Crippen molar-refractivity contribution in [3.63, 3.8) is 0 Å². The van der Waals surface area contributed by atoms with Crippen LogP contribution < -0.4 is 5.32 Å². The second-order valence-electron chi connectivity index (χ2n) is 7.84. The Morgan fingerprint density at radius 2 is 1.79 bits per heavy atom. The maximum Gasteiger partial charge on any atom is 0.192 e. The van der Waals surface area contributed by atoms with Crippen LogP contribution in [0.5, 0.6) is 0 Å². The zero-order valence-corrected chi connectivity index (χ0v) is 17.2. The molecule has 1 aromatic rings. The van der Waals surface area contributed by atoms with E-state index in [0.29, 0.717) is 24.6 Å². The maximum absolute atomic E-state index is 10.2. The van der Waals surface area contributed by atoms with Crippen LogP contribution in [0.15, 0.2) is 24.3 Å². The minimum Gasteiger partial charge on any atom is -0.414 e. The van der Waals surface area contributed by atoms with Gasteiger partial charge in [0.25, 0.3) is 0 Å². The molecule has 1 rings (SSSR count). The minimum absolute atomic E-state index is 0.0123. The topological polar surface area (TPSA) is 61.7 Å². The van der Waals surface area contributed by atoms with Crippen molar-refractivity contribution in [3.05, 3.63) is 34.9 Å². The molecular formula is C18H32ClNO3Si. The van der Waals surface area contributed by atoms with Crippen molar-refractivity contribution in [1.29, 1.82) is 0 Å². The molecule has 3 N–H and O–H groups in total. The van der Waals surface area contributed by atoms with Gasteiger partial charge in [-0.2, -0.15) is 0 Å². The number of aliphatic hydroxyl groups is 2. The Labute approximate surface area is 152 Å². The van der Waals surface area contributed by atoms with E-state index in [1.165, 1.54) is 0 Å². The zero-order valence-electron chi connectivity index (χ0n) is 15.5. The molecule has 0 amide bonds. The van der Waals surface area contributed by atoms with Crippen LogP contribution in [-0.4, -0.2) is 50.4 Å². The Balaban J connectivity index is 2.41. The third-order valence-electron chi connectivity index (χ3n) is 4.70.